The monoisotopic (exact) mass is 618 g/mol. The lowest BCUT2D eigenvalue weighted by Gasteiger charge is -2.43. The summed E-state index contributed by atoms with van der Waals surface area (Å²) in [7, 11) is 0. The van der Waals surface area contributed by atoms with E-state index in [9.17, 15) is 9.59 Å². The number of carbonyl (C=O) groups is 2. The first kappa shape index (κ1) is 31.1. The number of nitrogens with zero attached hydrogens (tertiary/aromatic N) is 5. The van der Waals surface area contributed by atoms with Crippen molar-refractivity contribution in [1.82, 2.24) is 29.7 Å². The normalized spacial score (nSPS) is 14.9. The van der Waals surface area contributed by atoms with E-state index in [-0.39, 0.29) is 40.5 Å². The van der Waals surface area contributed by atoms with E-state index in [1.54, 1.807) is 0 Å². The second-order valence-electron chi connectivity index (χ2n) is 12.4. The Morgan fingerprint density at radius 2 is 1.66 bits per heavy atom. The lowest BCUT2D eigenvalue weighted by molar-refractivity contribution is 0.00637. The van der Waals surface area contributed by atoms with Gasteiger partial charge in [0, 0.05) is 19.6 Å². The molecule has 2 aromatic carbocycles. The van der Waals surface area contributed by atoms with Gasteiger partial charge in [-0.3, -0.25) is 4.79 Å². The molecular formula is C32H39ClN8O3. The molecule has 1 fully saturated rings. The van der Waals surface area contributed by atoms with Crippen LogP contribution in [0.25, 0.3) is 11.0 Å². The summed E-state index contributed by atoms with van der Waals surface area (Å²) in [6, 6.07) is 18.4. The van der Waals surface area contributed by atoms with Gasteiger partial charge in [0.05, 0.1) is 17.6 Å². The molecule has 5 rings (SSSR count). The molecule has 1 aliphatic heterocycles. The van der Waals surface area contributed by atoms with Gasteiger partial charge in [0.1, 0.15) is 11.4 Å². The maximum Gasteiger partial charge on any atom is 0.410 e. The number of halogens is 1. The third-order valence-electron chi connectivity index (χ3n) is 8.02. The molecule has 1 saturated heterocycles. The maximum atomic E-state index is 13.1. The summed E-state index contributed by atoms with van der Waals surface area (Å²) in [4.78, 5) is 40.6. The highest BCUT2D eigenvalue weighted by Crippen LogP contribution is 2.40. The quantitative estimate of drug-likeness (QED) is 0.243. The zero-order valence-corrected chi connectivity index (χ0v) is 26.1. The van der Waals surface area contributed by atoms with Gasteiger partial charge in [-0.25, -0.2) is 19.7 Å². The summed E-state index contributed by atoms with van der Waals surface area (Å²) >= 11 is 6.00. The van der Waals surface area contributed by atoms with Crippen molar-refractivity contribution in [2.75, 3.05) is 24.6 Å². The number of benzene rings is 2. The van der Waals surface area contributed by atoms with E-state index in [1.807, 2.05) is 56.0 Å². The molecular weight excluding hydrogens is 580 g/mol. The Labute approximate surface area is 262 Å². The molecule has 0 unspecified atom stereocenters. The number of nitrogens with two attached hydrogens (primary N) is 2. The number of nitrogen functional groups attached to an aromatic ring is 2. The first-order chi connectivity index (χ1) is 20.9. The van der Waals surface area contributed by atoms with E-state index in [4.69, 9.17) is 32.8 Å². The first-order valence-corrected chi connectivity index (χ1v) is 15.1. The largest absolute Gasteiger partial charge is 0.444 e. The van der Waals surface area contributed by atoms with Crippen LogP contribution in [0, 0.1) is 5.41 Å². The van der Waals surface area contributed by atoms with Crippen molar-refractivity contribution in [1.29, 1.82) is 0 Å². The van der Waals surface area contributed by atoms with Crippen molar-refractivity contribution in [3.8, 4) is 0 Å². The van der Waals surface area contributed by atoms with Crippen LogP contribution < -0.4 is 16.8 Å². The lowest BCUT2D eigenvalue weighted by atomic mass is 9.74. The fourth-order valence-corrected chi connectivity index (χ4v) is 5.78. The number of likely N-dealkylation sites (tertiary alicyclic amines) is 1. The minimum atomic E-state index is -0.554. The van der Waals surface area contributed by atoms with Crippen molar-refractivity contribution in [3.05, 3.63) is 76.8 Å². The molecule has 2 aromatic heterocycles. The zero-order chi connectivity index (χ0) is 31.5. The Bertz CT molecular complexity index is 1640. The number of hydrogen-bond donors (Lipinski definition) is 3. The predicted molar refractivity (Wildman–Crippen MR) is 171 cm³/mol. The predicted octanol–water partition coefficient (Wildman–Crippen LogP) is 5.22. The zero-order valence-electron chi connectivity index (χ0n) is 25.3. The summed E-state index contributed by atoms with van der Waals surface area (Å²) in [5.74, 6) is 0.0248. The van der Waals surface area contributed by atoms with E-state index >= 15 is 0 Å². The summed E-state index contributed by atoms with van der Waals surface area (Å²) in [5, 5.41) is 2.79. The summed E-state index contributed by atoms with van der Waals surface area (Å²) in [6.45, 7) is 7.64. The van der Waals surface area contributed by atoms with Gasteiger partial charge in [0.25, 0.3) is 5.91 Å². The number of fused-ring (bicyclic) bond motifs is 1. The van der Waals surface area contributed by atoms with E-state index < -0.39 is 11.5 Å². The average molecular weight is 619 g/mol. The second kappa shape index (κ2) is 12.7. The fraction of sp³-hybridized carbons (Fsp3) is 0.406. The van der Waals surface area contributed by atoms with Gasteiger partial charge in [0.2, 0.25) is 0 Å². The number of hydrogen-bond acceptors (Lipinski definition) is 8. The number of aromatic nitrogens is 4. The molecule has 0 aliphatic carbocycles. The number of amides is 2. The Morgan fingerprint density at radius 1 is 0.977 bits per heavy atom. The molecule has 0 spiro atoms. The number of para-hydroxylation sites is 2. The minimum Gasteiger partial charge on any atom is -0.444 e. The van der Waals surface area contributed by atoms with Crippen LogP contribution in [0.2, 0.25) is 5.15 Å². The van der Waals surface area contributed by atoms with Crippen molar-refractivity contribution in [2.24, 2.45) is 5.41 Å². The molecule has 11 nitrogen and oxygen atoms in total. The van der Waals surface area contributed by atoms with Gasteiger partial charge in [-0.1, -0.05) is 54.1 Å². The van der Waals surface area contributed by atoms with Crippen LogP contribution in [0.15, 0.2) is 54.6 Å². The molecule has 0 bridgehead atoms. The third-order valence-corrected chi connectivity index (χ3v) is 8.29. The van der Waals surface area contributed by atoms with Gasteiger partial charge >= 0.3 is 6.09 Å². The highest BCUT2D eigenvalue weighted by molar-refractivity contribution is 6.31. The van der Waals surface area contributed by atoms with E-state index in [0.29, 0.717) is 25.5 Å². The van der Waals surface area contributed by atoms with Crippen LogP contribution in [0.5, 0.6) is 0 Å². The molecule has 4 aromatic rings. The number of anilines is 2. The first-order valence-electron chi connectivity index (χ1n) is 14.8. The molecule has 232 valence electrons. The Hall–Kier alpha value is -4.38. The Morgan fingerprint density at radius 3 is 2.36 bits per heavy atom. The van der Waals surface area contributed by atoms with Crippen molar-refractivity contribution >= 4 is 46.3 Å². The molecule has 44 heavy (non-hydrogen) atoms. The number of imidazole rings is 1. The fourth-order valence-electron chi connectivity index (χ4n) is 5.66. The summed E-state index contributed by atoms with van der Waals surface area (Å²) in [6.07, 6.45) is 3.15. The number of ether oxygens (including phenoxy) is 1. The molecule has 1 aliphatic rings. The van der Waals surface area contributed by atoms with Gasteiger partial charge in [0.15, 0.2) is 22.5 Å². The number of rotatable bonds is 8. The number of carbonyl (C=O) groups excluding carboxylic acids is 2. The minimum absolute atomic E-state index is 0.0407. The molecule has 3 heterocycles. The summed E-state index contributed by atoms with van der Waals surface area (Å²) in [5.41, 5.74) is 13.9. The van der Waals surface area contributed by atoms with Crippen LogP contribution >= 0.6 is 11.6 Å². The van der Waals surface area contributed by atoms with Crippen molar-refractivity contribution in [2.45, 2.75) is 65.1 Å². The molecule has 0 atom stereocenters. The van der Waals surface area contributed by atoms with Crippen LogP contribution in [0.1, 0.15) is 61.9 Å². The Kier molecular flexibility index (Phi) is 8.96. The highest BCUT2D eigenvalue weighted by Gasteiger charge is 2.38. The topological polar surface area (TPSA) is 154 Å². The second-order valence-corrected chi connectivity index (χ2v) is 12.7. The number of piperidine rings is 1. The van der Waals surface area contributed by atoms with Gasteiger partial charge in [-0.2, -0.15) is 0 Å². The van der Waals surface area contributed by atoms with Gasteiger partial charge in [-0.05, 0) is 69.6 Å². The number of aryl methyl sites for hydroxylation is 1. The molecule has 12 heteroatoms. The Balaban J connectivity index is 1.41. The van der Waals surface area contributed by atoms with Crippen LogP contribution in [0.4, 0.5) is 16.4 Å². The third kappa shape index (κ3) is 7.21. The standard InChI is InChI=1S/C32H39ClN8O3/c1-31(2,3)44-30(43)40-17-15-32(16-18-40,14-13-21-9-5-4-6-10-21)20-41-23-12-8-7-11-22(23)37-24(41)19-36-29(42)25-27(34)39-28(35)26(33)38-25/h4-12H,13-20H2,1-3H3,(H,36,42)(H4,34,35,39). The average Bonchev–Trinajstić information content (AvgIpc) is 3.33. The van der Waals surface area contributed by atoms with Crippen LogP contribution in [-0.2, 0) is 24.2 Å². The van der Waals surface area contributed by atoms with E-state index in [0.717, 1.165) is 36.7 Å². The molecule has 5 N–H and O–H groups in total. The summed E-state index contributed by atoms with van der Waals surface area (Å²) < 4.78 is 7.86. The van der Waals surface area contributed by atoms with Crippen molar-refractivity contribution < 1.29 is 14.3 Å². The SMILES string of the molecule is CC(C)(C)OC(=O)N1CCC(CCc2ccccc2)(Cn2c(CNC(=O)c3nc(Cl)c(N)nc3N)nc3ccccc32)CC1. The molecule has 2 amide bonds. The molecule has 0 saturated carbocycles. The highest BCUT2D eigenvalue weighted by atomic mass is 35.5. The van der Waals surface area contributed by atoms with Gasteiger partial charge < -0.3 is 31.0 Å². The van der Waals surface area contributed by atoms with E-state index in [2.05, 4.69) is 44.1 Å². The van der Waals surface area contributed by atoms with Crippen LogP contribution in [-0.4, -0.2) is 55.1 Å². The van der Waals surface area contributed by atoms with Gasteiger partial charge in [-0.15, -0.1) is 0 Å². The number of nitrogens with one attached hydrogen (secondary N) is 1. The lowest BCUT2D eigenvalue weighted by Crippen LogP contribution is -2.46. The van der Waals surface area contributed by atoms with Crippen molar-refractivity contribution in [3.63, 3.8) is 0 Å². The maximum absolute atomic E-state index is 13.1. The van der Waals surface area contributed by atoms with E-state index in [1.165, 1.54) is 5.56 Å². The molecule has 0 radical (unpaired) electrons. The van der Waals surface area contributed by atoms with Crippen LogP contribution in [0.3, 0.4) is 0 Å². The smallest absolute Gasteiger partial charge is 0.410 e.